The highest BCUT2D eigenvalue weighted by Crippen LogP contribution is 2.31. The molecule has 0 N–H and O–H groups in total. The molecule has 0 atom stereocenters. The summed E-state index contributed by atoms with van der Waals surface area (Å²) in [6.45, 7) is 1.80. The number of hydrogen-bond acceptors (Lipinski definition) is 2. The van der Waals surface area contributed by atoms with Gasteiger partial charge in [0.1, 0.15) is 0 Å². The van der Waals surface area contributed by atoms with Gasteiger partial charge in [0.25, 0.3) is 0 Å². The molecule has 6 heteroatoms. The van der Waals surface area contributed by atoms with E-state index < -0.39 is 12.0 Å². The van der Waals surface area contributed by atoms with Gasteiger partial charge >= 0.3 is 6.18 Å². The molecule has 0 radical (unpaired) electrons. The Bertz CT molecular complexity index is 605. The van der Waals surface area contributed by atoms with Crippen LogP contribution in [-0.4, -0.2) is 9.55 Å². The largest absolute Gasteiger partial charge is 0.449 e. The average Bonchev–Trinajstić information content (AvgIpc) is 2.65. The molecule has 0 bridgehead atoms. The molecule has 2 aromatic rings. The summed E-state index contributed by atoms with van der Waals surface area (Å²) >= 11 is 0. The van der Waals surface area contributed by atoms with E-state index in [1.54, 1.807) is 6.92 Å². The SMILES string of the molecule is CCn1c(C(F)(F)F)nc2cc(C#N)ccc21. The van der Waals surface area contributed by atoms with Gasteiger partial charge in [0, 0.05) is 6.54 Å². The maximum atomic E-state index is 12.7. The van der Waals surface area contributed by atoms with Crippen LogP contribution in [0.1, 0.15) is 18.3 Å². The van der Waals surface area contributed by atoms with E-state index in [0.717, 1.165) is 4.57 Å². The van der Waals surface area contributed by atoms with E-state index in [2.05, 4.69) is 4.98 Å². The Balaban J connectivity index is 2.76. The molecule has 3 nitrogen and oxygen atoms in total. The van der Waals surface area contributed by atoms with E-state index in [4.69, 9.17) is 5.26 Å². The van der Waals surface area contributed by atoms with E-state index in [-0.39, 0.29) is 12.1 Å². The van der Waals surface area contributed by atoms with Crippen molar-refractivity contribution < 1.29 is 13.2 Å². The molecule has 0 amide bonds. The van der Waals surface area contributed by atoms with Crippen LogP contribution in [0.5, 0.6) is 0 Å². The van der Waals surface area contributed by atoms with Gasteiger partial charge in [-0.3, -0.25) is 0 Å². The Morgan fingerprint density at radius 2 is 2.12 bits per heavy atom. The standard InChI is InChI=1S/C11H8F3N3/c1-2-17-9-4-3-7(6-15)5-8(9)16-10(17)11(12,13)14/h3-5H,2H2,1H3. The number of aryl methyl sites for hydroxylation is 1. The van der Waals surface area contributed by atoms with Gasteiger partial charge in [-0.15, -0.1) is 0 Å². The fourth-order valence-electron chi connectivity index (χ4n) is 1.74. The molecule has 0 aliphatic heterocycles. The molecule has 17 heavy (non-hydrogen) atoms. The Kier molecular flexibility index (Phi) is 2.54. The third-order valence-electron chi connectivity index (χ3n) is 2.45. The molecule has 88 valence electrons. The van der Waals surface area contributed by atoms with Crippen LogP contribution in [-0.2, 0) is 12.7 Å². The minimum atomic E-state index is -4.48. The van der Waals surface area contributed by atoms with E-state index in [0.29, 0.717) is 11.1 Å². The lowest BCUT2D eigenvalue weighted by Crippen LogP contribution is -2.14. The summed E-state index contributed by atoms with van der Waals surface area (Å²) in [5.41, 5.74) is 0.879. The van der Waals surface area contributed by atoms with Crippen molar-refractivity contribution in [2.45, 2.75) is 19.6 Å². The van der Waals surface area contributed by atoms with Crippen molar-refractivity contribution in [3.63, 3.8) is 0 Å². The van der Waals surface area contributed by atoms with Crippen molar-refractivity contribution in [2.75, 3.05) is 0 Å². The second kappa shape index (κ2) is 3.77. The van der Waals surface area contributed by atoms with Gasteiger partial charge in [-0.25, -0.2) is 4.98 Å². The van der Waals surface area contributed by atoms with Crippen molar-refractivity contribution >= 4 is 11.0 Å². The van der Waals surface area contributed by atoms with Crippen LogP contribution in [0.3, 0.4) is 0 Å². The first-order chi connectivity index (χ1) is 7.97. The second-order valence-electron chi connectivity index (χ2n) is 3.49. The molecule has 0 unspecified atom stereocenters. The zero-order valence-corrected chi connectivity index (χ0v) is 8.91. The number of halogens is 3. The predicted molar refractivity (Wildman–Crippen MR) is 55.1 cm³/mol. The van der Waals surface area contributed by atoms with Crippen molar-refractivity contribution in [3.05, 3.63) is 29.6 Å². The summed E-state index contributed by atoms with van der Waals surface area (Å²) in [5, 5.41) is 8.68. The third kappa shape index (κ3) is 1.84. The van der Waals surface area contributed by atoms with E-state index in [1.165, 1.54) is 18.2 Å². The summed E-state index contributed by atoms with van der Waals surface area (Å²) in [6, 6.07) is 6.20. The number of nitrogens with zero attached hydrogens (tertiary/aromatic N) is 3. The van der Waals surface area contributed by atoms with Gasteiger partial charge in [-0.2, -0.15) is 18.4 Å². The first-order valence-corrected chi connectivity index (χ1v) is 4.95. The number of fused-ring (bicyclic) bond motifs is 1. The highest BCUT2D eigenvalue weighted by Gasteiger charge is 2.37. The van der Waals surface area contributed by atoms with Gasteiger partial charge < -0.3 is 4.57 Å². The minimum absolute atomic E-state index is 0.178. The van der Waals surface area contributed by atoms with Gasteiger partial charge in [0.15, 0.2) is 0 Å². The molecule has 0 aliphatic rings. The molecule has 1 aromatic carbocycles. The highest BCUT2D eigenvalue weighted by molar-refractivity contribution is 5.77. The maximum absolute atomic E-state index is 12.7. The average molecular weight is 239 g/mol. The summed E-state index contributed by atoms with van der Waals surface area (Å²) in [6.07, 6.45) is -4.48. The molecule has 0 spiro atoms. The number of hydrogen-bond donors (Lipinski definition) is 0. The third-order valence-corrected chi connectivity index (χ3v) is 2.45. The molecule has 0 saturated heterocycles. The Morgan fingerprint density at radius 1 is 1.41 bits per heavy atom. The smallest absolute Gasteiger partial charge is 0.321 e. The van der Waals surface area contributed by atoms with Crippen molar-refractivity contribution in [3.8, 4) is 6.07 Å². The summed E-state index contributed by atoms with van der Waals surface area (Å²) in [5.74, 6) is -0.926. The fraction of sp³-hybridized carbons (Fsp3) is 0.273. The molecule has 1 aromatic heterocycles. The topological polar surface area (TPSA) is 41.6 Å². The highest BCUT2D eigenvalue weighted by atomic mass is 19.4. The number of rotatable bonds is 1. The lowest BCUT2D eigenvalue weighted by molar-refractivity contribution is -0.146. The Labute approximate surface area is 95.1 Å². The quantitative estimate of drug-likeness (QED) is 0.767. The Hall–Kier alpha value is -2.03. The zero-order valence-electron chi connectivity index (χ0n) is 8.91. The zero-order chi connectivity index (χ0) is 12.6. The van der Waals surface area contributed by atoms with Gasteiger partial charge in [0.05, 0.1) is 22.7 Å². The number of imidazole rings is 1. The lowest BCUT2D eigenvalue weighted by Gasteiger charge is -2.08. The van der Waals surface area contributed by atoms with Crippen molar-refractivity contribution in [1.29, 1.82) is 5.26 Å². The lowest BCUT2D eigenvalue weighted by atomic mass is 10.2. The molecular formula is C11H8F3N3. The molecule has 1 heterocycles. The van der Waals surface area contributed by atoms with Crippen molar-refractivity contribution in [1.82, 2.24) is 9.55 Å². The van der Waals surface area contributed by atoms with E-state index in [1.807, 2.05) is 6.07 Å². The predicted octanol–water partition coefficient (Wildman–Crippen LogP) is 2.95. The molecule has 0 saturated carbocycles. The van der Waals surface area contributed by atoms with Crippen LogP contribution >= 0.6 is 0 Å². The van der Waals surface area contributed by atoms with E-state index >= 15 is 0 Å². The summed E-state index contributed by atoms with van der Waals surface area (Å²) < 4.78 is 39.2. The molecule has 0 aliphatic carbocycles. The van der Waals surface area contributed by atoms with Gasteiger partial charge in [-0.05, 0) is 25.1 Å². The number of aromatic nitrogens is 2. The normalized spacial score (nSPS) is 11.7. The molecule has 2 rings (SSSR count). The van der Waals surface area contributed by atoms with Crippen LogP contribution < -0.4 is 0 Å². The van der Waals surface area contributed by atoms with E-state index in [9.17, 15) is 13.2 Å². The van der Waals surface area contributed by atoms with Gasteiger partial charge in [-0.1, -0.05) is 0 Å². The fourth-order valence-corrected chi connectivity index (χ4v) is 1.74. The van der Waals surface area contributed by atoms with Crippen molar-refractivity contribution in [2.24, 2.45) is 0 Å². The first-order valence-electron chi connectivity index (χ1n) is 4.95. The minimum Gasteiger partial charge on any atom is -0.321 e. The van der Waals surface area contributed by atoms with Crippen LogP contribution in [0.4, 0.5) is 13.2 Å². The van der Waals surface area contributed by atoms with Crippen LogP contribution in [0.25, 0.3) is 11.0 Å². The first kappa shape index (κ1) is 11.5. The number of benzene rings is 1. The van der Waals surface area contributed by atoms with Crippen LogP contribution in [0.2, 0.25) is 0 Å². The monoisotopic (exact) mass is 239 g/mol. The van der Waals surface area contributed by atoms with Gasteiger partial charge in [0.2, 0.25) is 5.82 Å². The van der Waals surface area contributed by atoms with Crippen LogP contribution in [0, 0.1) is 11.3 Å². The number of nitriles is 1. The molecular weight excluding hydrogens is 231 g/mol. The summed E-state index contributed by atoms with van der Waals surface area (Å²) in [7, 11) is 0. The van der Waals surface area contributed by atoms with Crippen LogP contribution in [0.15, 0.2) is 18.2 Å². The number of alkyl halides is 3. The summed E-state index contributed by atoms with van der Waals surface area (Å²) in [4.78, 5) is 3.55. The Morgan fingerprint density at radius 3 is 2.65 bits per heavy atom. The maximum Gasteiger partial charge on any atom is 0.449 e. The molecule has 0 fully saturated rings. The second-order valence-corrected chi connectivity index (χ2v) is 3.49.